The van der Waals surface area contributed by atoms with Gasteiger partial charge in [-0.2, -0.15) is 0 Å². The van der Waals surface area contributed by atoms with Crippen molar-refractivity contribution in [3.8, 4) is 0 Å². The largest absolute Gasteiger partial charge is 0.308 e. The van der Waals surface area contributed by atoms with Crippen LogP contribution in [0, 0.1) is 0 Å². The fourth-order valence-corrected chi connectivity index (χ4v) is 1.77. The molecule has 0 radical (unpaired) electrons. The molecule has 1 nitrogen and oxygen atoms in total. The molecule has 0 atom stereocenters. The van der Waals surface area contributed by atoms with E-state index >= 15 is 0 Å². The second-order valence-corrected chi connectivity index (χ2v) is 5.66. The van der Waals surface area contributed by atoms with Crippen molar-refractivity contribution in [3.05, 3.63) is 33.3 Å². The maximum absolute atomic E-state index is 6.09. The summed E-state index contributed by atoms with van der Waals surface area (Å²) in [4.78, 5) is 0. The molecule has 0 heterocycles. The smallest absolute Gasteiger partial charge is 0.0462 e. The summed E-state index contributed by atoms with van der Waals surface area (Å²) in [6.45, 7) is 7.22. The van der Waals surface area contributed by atoms with Crippen LogP contribution < -0.4 is 5.32 Å². The van der Waals surface area contributed by atoms with E-state index in [9.17, 15) is 0 Å². The highest BCUT2D eigenvalue weighted by Crippen LogP contribution is 2.21. The number of nitrogens with one attached hydrogen (secondary N) is 1. The molecule has 0 spiro atoms. The molecule has 78 valence electrons. The predicted octanol–water partition coefficient (Wildman–Crippen LogP) is 3.99. The molecule has 1 aromatic carbocycles. The topological polar surface area (TPSA) is 12.0 Å². The summed E-state index contributed by atoms with van der Waals surface area (Å²) in [5.41, 5.74) is 1.25. The van der Waals surface area contributed by atoms with Crippen molar-refractivity contribution in [2.24, 2.45) is 0 Å². The first-order valence-corrected chi connectivity index (χ1v) is 5.74. The SMILES string of the molecule is CC(C)(C)NCc1ccc(Br)cc1Cl. The number of halogens is 2. The monoisotopic (exact) mass is 275 g/mol. The first-order chi connectivity index (χ1) is 6.38. The zero-order valence-electron chi connectivity index (χ0n) is 8.70. The maximum Gasteiger partial charge on any atom is 0.0462 e. The van der Waals surface area contributed by atoms with Crippen LogP contribution in [0.2, 0.25) is 5.02 Å². The first kappa shape index (κ1) is 12.0. The molecule has 0 aromatic heterocycles. The van der Waals surface area contributed by atoms with Gasteiger partial charge in [0.05, 0.1) is 0 Å². The molecular weight excluding hydrogens is 261 g/mol. The van der Waals surface area contributed by atoms with Crippen LogP contribution in [-0.4, -0.2) is 5.54 Å². The maximum atomic E-state index is 6.09. The van der Waals surface area contributed by atoms with Gasteiger partial charge in [0.15, 0.2) is 0 Å². The van der Waals surface area contributed by atoms with E-state index in [1.807, 2.05) is 18.2 Å². The fraction of sp³-hybridized carbons (Fsp3) is 0.455. The molecule has 1 rings (SSSR count). The molecule has 1 aromatic rings. The van der Waals surface area contributed by atoms with E-state index in [2.05, 4.69) is 42.0 Å². The summed E-state index contributed by atoms with van der Waals surface area (Å²) in [5.74, 6) is 0. The lowest BCUT2D eigenvalue weighted by Gasteiger charge is -2.20. The highest BCUT2D eigenvalue weighted by molar-refractivity contribution is 9.10. The Balaban J connectivity index is 2.68. The zero-order chi connectivity index (χ0) is 10.8. The molecule has 14 heavy (non-hydrogen) atoms. The van der Waals surface area contributed by atoms with Gasteiger partial charge in [-0.25, -0.2) is 0 Å². The van der Waals surface area contributed by atoms with Gasteiger partial charge < -0.3 is 5.32 Å². The minimum absolute atomic E-state index is 0.121. The summed E-state index contributed by atoms with van der Waals surface area (Å²) in [6.07, 6.45) is 0. The molecule has 0 saturated heterocycles. The second-order valence-electron chi connectivity index (χ2n) is 4.34. The van der Waals surface area contributed by atoms with Crippen LogP contribution >= 0.6 is 27.5 Å². The minimum Gasteiger partial charge on any atom is -0.308 e. The Bertz CT molecular complexity index is 318. The fourth-order valence-electron chi connectivity index (χ4n) is 1.03. The summed E-state index contributed by atoms with van der Waals surface area (Å²) in [7, 11) is 0. The van der Waals surface area contributed by atoms with Crippen molar-refractivity contribution in [2.75, 3.05) is 0 Å². The van der Waals surface area contributed by atoms with E-state index in [0.717, 1.165) is 21.6 Å². The van der Waals surface area contributed by atoms with Gasteiger partial charge in [-0.15, -0.1) is 0 Å². The van der Waals surface area contributed by atoms with Crippen LogP contribution in [0.5, 0.6) is 0 Å². The van der Waals surface area contributed by atoms with E-state index in [1.165, 1.54) is 0 Å². The van der Waals surface area contributed by atoms with Crippen LogP contribution in [0.25, 0.3) is 0 Å². The van der Waals surface area contributed by atoms with Gasteiger partial charge >= 0.3 is 0 Å². The van der Waals surface area contributed by atoms with Crippen molar-refractivity contribution in [3.63, 3.8) is 0 Å². The normalized spacial score (nSPS) is 11.8. The molecule has 0 aliphatic heterocycles. The average Bonchev–Trinajstić information content (AvgIpc) is 2.00. The van der Waals surface area contributed by atoms with Gasteiger partial charge in [-0.1, -0.05) is 33.6 Å². The third kappa shape index (κ3) is 3.99. The minimum atomic E-state index is 0.121. The third-order valence-electron chi connectivity index (χ3n) is 1.82. The molecule has 1 N–H and O–H groups in total. The number of benzene rings is 1. The van der Waals surface area contributed by atoms with E-state index in [1.54, 1.807) is 0 Å². The van der Waals surface area contributed by atoms with Crippen molar-refractivity contribution >= 4 is 27.5 Å². The Labute approximate surface area is 99.0 Å². The van der Waals surface area contributed by atoms with E-state index in [4.69, 9.17) is 11.6 Å². The Hall–Kier alpha value is -0.0500. The molecule has 0 unspecified atom stereocenters. The number of hydrogen-bond donors (Lipinski definition) is 1. The highest BCUT2D eigenvalue weighted by atomic mass is 79.9. The Morgan fingerprint density at radius 1 is 1.36 bits per heavy atom. The Morgan fingerprint density at radius 2 is 2.00 bits per heavy atom. The quantitative estimate of drug-likeness (QED) is 0.861. The van der Waals surface area contributed by atoms with Gasteiger partial charge in [0.25, 0.3) is 0 Å². The molecule has 3 heteroatoms. The molecule has 0 fully saturated rings. The van der Waals surface area contributed by atoms with E-state index in [0.29, 0.717) is 0 Å². The van der Waals surface area contributed by atoms with E-state index < -0.39 is 0 Å². The standard InChI is InChI=1S/C11H15BrClN/c1-11(2,3)14-7-8-4-5-9(12)6-10(8)13/h4-6,14H,7H2,1-3H3. The van der Waals surface area contributed by atoms with E-state index in [-0.39, 0.29) is 5.54 Å². The molecule has 0 bridgehead atoms. The lowest BCUT2D eigenvalue weighted by atomic mass is 10.1. The van der Waals surface area contributed by atoms with Crippen LogP contribution in [0.15, 0.2) is 22.7 Å². The van der Waals surface area contributed by atoms with Gasteiger partial charge in [0.2, 0.25) is 0 Å². The molecular formula is C11H15BrClN. The number of rotatable bonds is 2. The van der Waals surface area contributed by atoms with Gasteiger partial charge in [-0.3, -0.25) is 0 Å². The van der Waals surface area contributed by atoms with Crippen LogP contribution in [0.4, 0.5) is 0 Å². The van der Waals surface area contributed by atoms with Gasteiger partial charge in [-0.05, 0) is 38.5 Å². The third-order valence-corrected chi connectivity index (χ3v) is 2.67. The second kappa shape index (κ2) is 4.65. The summed E-state index contributed by atoms with van der Waals surface area (Å²) in [5, 5.41) is 4.20. The lowest BCUT2D eigenvalue weighted by molar-refractivity contribution is 0.424. The van der Waals surface area contributed by atoms with Crippen LogP contribution in [-0.2, 0) is 6.54 Å². The Morgan fingerprint density at radius 3 is 2.50 bits per heavy atom. The van der Waals surface area contributed by atoms with Crippen LogP contribution in [0.1, 0.15) is 26.3 Å². The van der Waals surface area contributed by atoms with Crippen molar-refractivity contribution in [1.82, 2.24) is 5.32 Å². The summed E-state index contributed by atoms with van der Waals surface area (Å²) in [6, 6.07) is 5.96. The summed E-state index contributed by atoms with van der Waals surface area (Å²) >= 11 is 9.47. The Kier molecular flexibility index (Phi) is 3.99. The zero-order valence-corrected chi connectivity index (χ0v) is 11.0. The molecule has 0 aliphatic carbocycles. The highest BCUT2D eigenvalue weighted by Gasteiger charge is 2.09. The summed E-state index contributed by atoms with van der Waals surface area (Å²) < 4.78 is 1.02. The molecule has 0 amide bonds. The van der Waals surface area contributed by atoms with Gasteiger partial charge in [0, 0.05) is 21.6 Å². The average molecular weight is 277 g/mol. The first-order valence-electron chi connectivity index (χ1n) is 4.57. The van der Waals surface area contributed by atoms with Crippen molar-refractivity contribution < 1.29 is 0 Å². The van der Waals surface area contributed by atoms with Crippen LogP contribution in [0.3, 0.4) is 0 Å². The van der Waals surface area contributed by atoms with Crippen molar-refractivity contribution in [1.29, 1.82) is 0 Å². The molecule has 0 aliphatic rings. The van der Waals surface area contributed by atoms with Gasteiger partial charge in [0.1, 0.15) is 0 Å². The molecule has 0 saturated carbocycles. The predicted molar refractivity (Wildman–Crippen MR) is 65.7 cm³/mol. The lowest BCUT2D eigenvalue weighted by Crippen LogP contribution is -2.35. The number of hydrogen-bond acceptors (Lipinski definition) is 1. The van der Waals surface area contributed by atoms with Crippen molar-refractivity contribution in [2.45, 2.75) is 32.9 Å².